The summed E-state index contributed by atoms with van der Waals surface area (Å²) in [6.45, 7) is 0. The second kappa shape index (κ2) is 8.01. The highest BCUT2D eigenvalue weighted by molar-refractivity contribution is 7.99. The quantitative estimate of drug-likeness (QED) is 0.742. The molecule has 1 aliphatic rings. The number of hydrogen-bond donors (Lipinski definition) is 0. The fourth-order valence-electron chi connectivity index (χ4n) is 2.84. The molecule has 0 N–H and O–H groups in total. The second-order valence-electron chi connectivity index (χ2n) is 5.72. The highest BCUT2D eigenvalue weighted by atomic mass is 35.5. The van der Waals surface area contributed by atoms with Gasteiger partial charge in [0.1, 0.15) is 17.2 Å². The number of amides is 1. The average Bonchev–Trinajstić information content (AvgIpc) is 3.12. The predicted octanol–water partition coefficient (Wildman–Crippen LogP) is 3.78. The van der Waals surface area contributed by atoms with Gasteiger partial charge in [0.05, 0.1) is 14.2 Å². The van der Waals surface area contributed by atoms with Crippen LogP contribution in [0, 0.1) is 0 Å². The first-order valence-corrected chi connectivity index (χ1v) is 9.39. The number of thioether (sulfide) groups is 1. The molecule has 0 aromatic heterocycles. The summed E-state index contributed by atoms with van der Waals surface area (Å²) in [6.07, 6.45) is 0. The minimum Gasteiger partial charge on any atom is -0.497 e. The molecule has 0 unspecified atom stereocenters. The summed E-state index contributed by atoms with van der Waals surface area (Å²) in [5.74, 6) is 0.488. The van der Waals surface area contributed by atoms with E-state index in [-0.39, 0.29) is 11.3 Å². The smallest absolute Gasteiger partial charge is 0.329 e. The van der Waals surface area contributed by atoms with Gasteiger partial charge < -0.3 is 14.4 Å². The van der Waals surface area contributed by atoms with Crippen LogP contribution in [0.3, 0.4) is 0 Å². The lowest BCUT2D eigenvalue weighted by Gasteiger charge is -2.28. The maximum atomic E-state index is 13.2. The van der Waals surface area contributed by atoms with E-state index in [9.17, 15) is 9.59 Å². The van der Waals surface area contributed by atoms with Crippen molar-refractivity contribution in [2.75, 3.05) is 20.0 Å². The van der Waals surface area contributed by atoms with Gasteiger partial charge in [0.15, 0.2) is 0 Å². The van der Waals surface area contributed by atoms with Crippen molar-refractivity contribution in [3.8, 4) is 5.75 Å². The third-order valence-electron chi connectivity index (χ3n) is 4.20. The Hall–Kier alpha value is -2.18. The van der Waals surface area contributed by atoms with E-state index in [1.807, 2.05) is 12.1 Å². The molecule has 0 spiro atoms. The zero-order valence-corrected chi connectivity index (χ0v) is 15.9. The van der Waals surface area contributed by atoms with E-state index in [0.717, 1.165) is 5.56 Å². The first kappa shape index (κ1) is 18.6. The molecule has 0 bridgehead atoms. The van der Waals surface area contributed by atoms with Crippen LogP contribution in [0.15, 0.2) is 48.5 Å². The third-order valence-corrected chi connectivity index (χ3v) is 5.78. The van der Waals surface area contributed by atoms with Crippen molar-refractivity contribution >= 4 is 35.2 Å². The van der Waals surface area contributed by atoms with Gasteiger partial charge in [-0.1, -0.05) is 23.7 Å². The van der Waals surface area contributed by atoms with Crippen LogP contribution in [0.1, 0.15) is 21.3 Å². The lowest BCUT2D eigenvalue weighted by Crippen LogP contribution is -2.43. The summed E-state index contributed by atoms with van der Waals surface area (Å²) in [4.78, 5) is 27.0. The molecule has 5 nitrogen and oxygen atoms in total. The monoisotopic (exact) mass is 391 g/mol. The maximum Gasteiger partial charge on any atom is 0.329 e. The zero-order valence-electron chi connectivity index (χ0n) is 14.3. The molecule has 2 aromatic rings. The Morgan fingerprint density at radius 3 is 2.31 bits per heavy atom. The molecule has 3 rings (SSSR count). The van der Waals surface area contributed by atoms with E-state index in [4.69, 9.17) is 21.1 Å². The van der Waals surface area contributed by atoms with Crippen LogP contribution in [-0.2, 0) is 9.53 Å². The molecule has 1 amide bonds. The van der Waals surface area contributed by atoms with E-state index < -0.39 is 12.0 Å². The molecule has 0 saturated carbocycles. The molecular weight excluding hydrogens is 374 g/mol. The topological polar surface area (TPSA) is 55.8 Å². The van der Waals surface area contributed by atoms with Gasteiger partial charge in [-0.2, -0.15) is 0 Å². The fraction of sp³-hybridized carbons (Fsp3) is 0.263. The van der Waals surface area contributed by atoms with Crippen molar-refractivity contribution in [1.29, 1.82) is 0 Å². The van der Waals surface area contributed by atoms with Crippen molar-refractivity contribution in [1.82, 2.24) is 4.90 Å². The molecule has 0 radical (unpaired) electrons. The summed E-state index contributed by atoms with van der Waals surface area (Å²) < 4.78 is 10.0. The average molecular weight is 392 g/mol. The third kappa shape index (κ3) is 3.66. The van der Waals surface area contributed by atoms with Crippen molar-refractivity contribution in [2.45, 2.75) is 11.4 Å². The molecule has 1 aliphatic heterocycles. The number of rotatable bonds is 4. The number of hydrogen-bond acceptors (Lipinski definition) is 5. The molecule has 7 heteroatoms. The van der Waals surface area contributed by atoms with E-state index in [0.29, 0.717) is 22.1 Å². The van der Waals surface area contributed by atoms with Gasteiger partial charge in [-0.05, 0) is 42.0 Å². The van der Waals surface area contributed by atoms with Gasteiger partial charge in [0, 0.05) is 16.3 Å². The number of nitrogens with zero attached hydrogens (tertiary/aromatic N) is 1. The second-order valence-corrected chi connectivity index (χ2v) is 7.27. The van der Waals surface area contributed by atoms with Crippen LogP contribution >= 0.6 is 23.4 Å². The van der Waals surface area contributed by atoms with Gasteiger partial charge in [-0.3, -0.25) is 4.79 Å². The van der Waals surface area contributed by atoms with Crippen LogP contribution in [0.2, 0.25) is 5.02 Å². The molecule has 26 heavy (non-hydrogen) atoms. The Balaban J connectivity index is 1.95. The number of carbonyl (C=O) groups is 2. The summed E-state index contributed by atoms with van der Waals surface area (Å²) in [5.41, 5.74) is 1.40. The maximum absolute atomic E-state index is 13.2. The Bertz CT molecular complexity index is 794. The summed E-state index contributed by atoms with van der Waals surface area (Å²) >= 11 is 7.50. The number of methoxy groups -OCH3 is 2. The van der Waals surface area contributed by atoms with Crippen molar-refractivity contribution < 1.29 is 19.1 Å². The van der Waals surface area contributed by atoms with Gasteiger partial charge in [0.2, 0.25) is 0 Å². The largest absolute Gasteiger partial charge is 0.497 e. The van der Waals surface area contributed by atoms with E-state index in [1.54, 1.807) is 48.4 Å². The van der Waals surface area contributed by atoms with Gasteiger partial charge >= 0.3 is 5.97 Å². The van der Waals surface area contributed by atoms with E-state index in [2.05, 4.69) is 0 Å². The Labute approximate surface area is 161 Å². The molecule has 1 heterocycles. The summed E-state index contributed by atoms with van der Waals surface area (Å²) in [5, 5.41) is 0.334. The van der Waals surface area contributed by atoms with Crippen LogP contribution < -0.4 is 4.74 Å². The minimum absolute atomic E-state index is 0.229. The van der Waals surface area contributed by atoms with Crippen molar-refractivity contribution in [3.05, 3.63) is 64.7 Å². The Kier molecular flexibility index (Phi) is 5.74. The minimum atomic E-state index is -0.639. The summed E-state index contributed by atoms with van der Waals surface area (Å²) in [6, 6.07) is 13.5. The Morgan fingerprint density at radius 1 is 1.08 bits per heavy atom. The molecular formula is C19H18ClNO4S. The number of esters is 1. The molecule has 2 atom stereocenters. The molecule has 1 saturated heterocycles. The van der Waals surface area contributed by atoms with Crippen LogP contribution in [0.4, 0.5) is 0 Å². The number of benzene rings is 2. The SMILES string of the molecule is COC(=O)[C@@H]1CS[C@H](c2ccc(Cl)cc2)N1C(=O)c1ccc(OC)cc1. The molecule has 0 aliphatic carbocycles. The number of carbonyl (C=O) groups excluding carboxylic acids is 2. The first-order valence-electron chi connectivity index (χ1n) is 7.96. The van der Waals surface area contributed by atoms with Gasteiger partial charge in [-0.25, -0.2) is 4.79 Å². The molecule has 2 aromatic carbocycles. The zero-order chi connectivity index (χ0) is 18.7. The molecule has 1 fully saturated rings. The highest BCUT2D eigenvalue weighted by Gasteiger charge is 2.43. The fourth-order valence-corrected chi connectivity index (χ4v) is 4.38. The van der Waals surface area contributed by atoms with E-state index >= 15 is 0 Å². The van der Waals surface area contributed by atoms with Crippen molar-refractivity contribution in [2.24, 2.45) is 0 Å². The number of halogens is 1. The predicted molar refractivity (Wildman–Crippen MR) is 102 cm³/mol. The van der Waals surface area contributed by atoms with Crippen LogP contribution in [-0.4, -0.2) is 42.8 Å². The normalized spacial score (nSPS) is 19.3. The summed E-state index contributed by atoms with van der Waals surface area (Å²) in [7, 11) is 2.90. The molecule has 136 valence electrons. The standard InChI is InChI=1S/C19H18ClNO4S/c1-24-15-9-5-12(6-10-15)17(22)21-16(19(23)25-2)11-26-18(21)13-3-7-14(20)8-4-13/h3-10,16,18H,11H2,1-2H3/t16-,18+/m0/s1. The highest BCUT2D eigenvalue weighted by Crippen LogP contribution is 2.42. The lowest BCUT2D eigenvalue weighted by atomic mass is 10.1. The van der Waals surface area contributed by atoms with Gasteiger partial charge in [0.25, 0.3) is 5.91 Å². The van der Waals surface area contributed by atoms with Gasteiger partial charge in [-0.15, -0.1) is 11.8 Å². The van der Waals surface area contributed by atoms with Crippen molar-refractivity contribution in [3.63, 3.8) is 0 Å². The van der Waals surface area contributed by atoms with E-state index in [1.165, 1.54) is 18.9 Å². The Morgan fingerprint density at radius 2 is 1.73 bits per heavy atom. The van der Waals surface area contributed by atoms with Crippen LogP contribution in [0.5, 0.6) is 5.75 Å². The first-order chi connectivity index (χ1) is 12.5. The lowest BCUT2D eigenvalue weighted by molar-refractivity contribution is -0.145. The number of ether oxygens (including phenoxy) is 2. The van der Waals surface area contributed by atoms with Crippen LogP contribution in [0.25, 0.3) is 0 Å².